The zero-order valence-electron chi connectivity index (χ0n) is 15.4. The molecule has 0 fully saturated rings. The van der Waals surface area contributed by atoms with Gasteiger partial charge in [0.1, 0.15) is 0 Å². The van der Waals surface area contributed by atoms with E-state index in [1.54, 1.807) is 0 Å². The van der Waals surface area contributed by atoms with E-state index in [1.165, 1.54) is 11.3 Å². The van der Waals surface area contributed by atoms with Crippen LogP contribution in [0.25, 0.3) is 11.3 Å². The summed E-state index contributed by atoms with van der Waals surface area (Å²) in [5.41, 5.74) is 1.80. The lowest BCUT2D eigenvalue weighted by atomic mass is 9.99. The number of nitrogens with zero attached hydrogens (tertiary/aromatic N) is 1. The van der Waals surface area contributed by atoms with E-state index in [2.05, 4.69) is 24.1 Å². The summed E-state index contributed by atoms with van der Waals surface area (Å²) in [5, 5.41) is 5.58. The molecule has 1 atom stereocenters. The number of unbranched alkanes of at least 4 members (excludes halogenated alkanes) is 1. The fraction of sp³-hybridized carbons (Fsp3) is 0.500. The van der Waals surface area contributed by atoms with Crippen LogP contribution in [0.1, 0.15) is 46.0 Å². The minimum absolute atomic E-state index is 0.0559. The molecule has 1 amide bonds. The van der Waals surface area contributed by atoms with Gasteiger partial charge in [0.15, 0.2) is 16.6 Å². The van der Waals surface area contributed by atoms with Crippen molar-refractivity contribution in [2.75, 3.05) is 18.5 Å². The number of carbonyl (C=O) groups excluding carboxylic acids is 1. The van der Waals surface area contributed by atoms with Gasteiger partial charge < -0.3 is 14.8 Å². The summed E-state index contributed by atoms with van der Waals surface area (Å²) in [7, 11) is 0. The molecular formula is C20H26N2O3S. The van der Waals surface area contributed by atoms with E-state index in [4.69, 9.17) is 9.47 Å². The minimum atomic E-state index is 0.0559. The maximum Gasteiger partial charge on any atom is 0.229 e. The van der Waals surface area contributed by atoms with Gasteiger partial charge in [-0.15, -0.1) is 11.3 Å². The number of thiazole rings is 1. The van der Waals surface area contributed by atoms with Crippen molar-refractivity contribution in [2.24, 2.45) is 5.92 Å². The molecule has 140 valence electrons. The molecule has 26 heavy (non-hydrogen) atoms. The summed E-state index contributed by atoms with van der Waals surface area (Å²) in [4.78, 5) is 17.0. The predicted octanol–water partition coefficient (Wildman–Crippen LogP) is 5.13. The molecule has 0 saturated carbocycles. The van der Waals surface area contributed by atoms with Crippen LogP contribution in [0.5, 0.6) is 11.5 Å². The van der Waals surface area contributed by atoms with E-state index in [1.807, 2.05) is 23.6 Å². The van der Waals surface area contributed by atoms with Crippen LogP contribution < -0.4 is 14.8 Å². The van der Waals surface area contributed by atoms with Gasteiger partial charge in [-0.3, -0.25) is 4.79 Å². The monoisotopic (exact) mass is 374 g/mol. The highest BCUT2D eigenvalue weighted by Crippen LogP contribution is 2.35. The van der Waals surface area contributed by atoms with Gasteiger partial charge >= 0.3 is 0 Å². The Kier molecular flexibility index (Phi) is 6.50. The number of aromatic nitrogens is 1. The van der Waals surface area contributed by atoms with Crippen molar-refractivity contribution in [3.63, 3.8) is 0 Å². The molecule has 0 bridgehead atoms. The SMILES string of the molecule is CCCCC(CC)C(=O)Nc1nc(-c2ccc3c(c2)OCCCO3)cs1. The molecule has 1 N–H and O–H groups in total. The summed E-state index contributed by atoms with van der Waals surface area (Å²) < 4.78 is 11.4. The number of benzene rings is 1. The number of nitrogens with one attached hydrogen (secondary N) is 1. The summed E-state index contributed by atoms with van der Waals surface area (Å²) in [5.74, 6) is 1.65. The molecule has 6 heteroatoms. The van der Waals surface area contributed by atoms with Crippen LogP contribution in [0.2, 0.25) is 0 Å². The van der Waals surface area contributed by atoms with Crippen LogP contribution in [0.15, 0.2) is 23.6 Å². The number of anilines is 1. The van der Waals surface area contributed by atoms with Crippen LogP contribution in [0, 0.1) is 5.92 Å². The number of hydrogen-bond acceptors (Lipinski definition) is 5. The average Bonchev–Trinajstić information content (AvgIpc) is 2.98. The first-order valence-corrected chi connectivity index (χ1v) is 10.3. The topological polar surface area (TPSA) is 60.5 Å². The first kappa shape index (κ1) is 18.7. The van der Waals surface area contributed by atoms with E-state index in [9.17, 15) is 4.79 Å². The Morgan fingerprint density at radius 1 is 1.27 bits per heavy atom. The second kappa shape index (κ2) is 9.03. The molecule has 2 heterocycles. The number of hydrogen-bond donors (Lipinski definition) is 1. The van der Waals surface area contributed by atoms with Crippen molar-refractivity contribution in [1.29, 1.82) is 0 Å². The van der Waals surface area contributed by atoms with Gasteiger partial charge in [0, 0.05) is 23.3 Å². The molecule has 5 nitrogen and oxygen atoms in total. The molecule has 1 unspecified atom stereocenters. The number of amides is 1. The smallest absolute Gasteiger partial charge is 0.229 e. The van der Waals surface area contributed by atoms with Gasteiger partial charge in [-0.05, 0) is 31.0 Å². The fourth-order valence-electron chi connectivity index (χ4n) is 2.96. The molecule has 0 radical (unpaired) electrons. The average molecular weight is 375 g/mol. The lowest BCUT2D eigenvalue weighted by Gasteiger charge is -2.12. The highest BCUT2D eigenvalue weighted by molar-refractivity contribution is 7.14. The molecule has 2 aromatic rings. The van der Waals surface area contributed by atoms with E-state index in [0.717, 1.165) is 54.9 Å². The molecule has 1 aromatic carbocycles. The zero-order chi connectivity index (χ0) is 18.4. The van der Waals surface area contributed by atoms with E-state index >= 15 is 0 Å². The maximum absolute atomic E-state index is 12.4. The largest absolute Gasteiger partial charge is 0.490 e. The van der Waals surface area contributed by atoms with Crippen molar-refractivity contribution in [1.82, 2.24) is 4.98 Å². The first-order chi connectivity index (χ1) is 12.7. The summed E-state index contributed by atoms with van der Waals surface area (Å²) in [6.07, 6.45) is 4.85. The van der Waals surface area contributed by atoms with Crippen molar-refractivity contribution < 1.29 is 14.3 Å². The van der Waals surface area contributed by atoms with Gasteiger partial charge in [0.2, 0.25) is 5.91 Å². The molecular weight excluding hydrogens is 348 g/mol. The lowest BCUT2D eigenvalue weighted by molar-refractivity contribution is -0.120. The second-order valence-corrected chi connectivity index (χ2v) is 7.34. The van der Waals surface area contributed by atoms with E-state index < -0.39 is 0 Å². The summed E-state index contributed by atoms with van der Waals surface area (Å²) in [6.45, 7) is 5.54. The van der Waals surface area contributed by atoms with Crippen LogP contribution in [0.4, 0.5) is 5.13 Å². The highest BCUT2D eigenvalue weighted by Gasteiger charge is 2.18. The van der Waals surface area contributed by atoms with Gasteiger partial charge in [0.25, 0.3) is 0 Å². The van der Waals surface area contributed by atoms with Gasteiger partial charge in [-0.1, -0.05) is 26.7 Å². The zero-order valence-corrected chi connectivity index (χ0v) is 16.2. The second-order valence-electron chi connectivity index (χ2n) is 6.49. The van der Waals surface area contributed by atoms with E-state index in [0.29, 0.717) is 18.3 Å². The molecule has 0 aliphatic carbocycles. The van der Waals surface area contributed by atoms with Crippen molar-refractivity contribution in [3.8, 4) is 22.8 Å². The lowest BCUT2D eigenvalue weighted by Crippen LogP contribution is -2.22. The molecule has 1 aromatic heterocycles. The standard InChI is InChI=1S/C20H26N2O3S/c1-3-5-7-14(4-2)19(23)22-20-21-16(13-26-20)15-8-9-17-18(12-15)25-11-6-10-24-17/h8-9,12-14H,3-7,10-11H2,1-2H3,(H,21,22,23). The molecule has 1 aliphatic heterocycles. The van der Waals surface area contributed by atoms with Crippen LogP contribution in [-0.4, -0.2) is 24.1 Å². The maximum atomic E-state index is 12.4. The first-order valence-electron chi connectivity index (χ1n) is 9.37. The summed E-state index contributed by atoms with van der Waals surface area (Å²) >= 11 is 1.45. The molecule has 0 spiro atoms. The Morgan fingerprint density at radius 2 is 2.08 bits per heavy atom. The van der Waals surface area contributed by atoms with E-state index in [-0.39, 0.29) is 11.8 Å². The minimum Gasteiger partial charge on any atom is -0.490 e. The molecule has 3 rings (SSSR count). The third-order valence-corrected chi connectivity index (χ3v) is 5.31. The number of fused-ring (bicyclic) bond motifs is 1. The third-order valence-electron chi connectivity index (χ3n) is 4.55. The van der Waals surface area contributed by atoms with Crippen molar-refractivity contribution in [2.45, 2.75) is 46.0 Å². The van der Waals surface area contributed by atoms with Gasteiger partial charge in [0.05, 0.1) is 18.9 Å². The Hall–Kier alpha value is -2.08. The Labute approximate surface area is 158 Å². The quantitative estimate of drug-likeness (QED) is 0.730. The molecule has 0 saturated heterocycles. The Morgan fingerprint density at radius 3 is 2.85 bits per heavy atom. The Bertz CT molecular complexity index is 744. The number of ether oxygens (including phenoxy) is 2. The normalized spacial score (nSPS) is 14.5. The number of rotatable bonds is 7. The number of carbonyl (C=O) groups is 1. The third kappa shape index (κ3) is 4.55. The van der Waals surface area contributed by atoms with Crippen LogP contribution >= 0.6 is 11.3 Å². The van der Waals surface area contributed by atoms with Crippen LogP contribution in [-0.2, 0) is 4.79 Å². The van der Waals surface area contributed by atoms with Crippen LogP contribution in [0.3, 0.4) is 0 Å². The summed E-state index contributed by atoms with van der Waals surface area (Å²) in [6, 6.07) is 5.85. The van der Waals surface area contributed by atoms with Gasteiger partial charge in [-0.25, -0.2) is 4.98 Å². The molecule has 1 aliphatic rings. The highest BCUT2D eigenvalue weighted by atomic mass is 32.1. The van der Waals surface area contributed by atoms with Crippen molar-refractivity contribution in [3.05, 3.63) is 23.6 Å². The van der Waals surface area contributed by atoms with Gasteiger partial charge in [-0.2, -0.15) is 0 Å². The Balaban J connectivity index is 1.69. The predicted molar refractivity (Wildman–Crippen MR) is 105 cm³/mol. The van der Waals surface area contributed by atoms with Crippen molar-refractivity contribution >= 4 is 22.4 Å². The fourth-order valence-corrected chi connectivity index (χ4v) is 3.69.